The van der Waals surface area contributed by atoms with E-state index in [1.54, 1.807) is 19.1 Å². The van der Waals surface area contributed by atoms with Gasteiger partial charge < -0.3 is 20.1 Å². The van der Waals surface area contributed by atoms with E-state index in [-0.39, 0.29) is 12.3 Å². The third-order valence-corrected chi connectivity index (χ3v) is 4.27. The maximum Gasteiger partial charge on any atom is 0.356 e. The summed E-state index contributed by atoms with van der Waals surface area (Å²) in [5.74, 6) is -6.30. The number of aryl methyl sites for hydroxylation is 1. The number of hydrogen-bond donors (Lipinski definition) is 3. The Morgan fingerprint density at radius 3 is 1.90 bits per heavy atom. The smallest absolute Gasteiger partial charge is 0.356 e. The molecule has 9 heteroatoms. The van der Waals surface area contributed by atoms with E-state index in [4.69, 9.17) is 4.74 Å². The molecule has 1 heterocycles. The van der Waals surface area contributed by atoms with Crippen LogP contribution in [-0.4, -0.2) is 50.4 Å². The molecular weight excluding hydrogens is 382 g/mol. The molecule has 0 fully saturated rings. The van der Waals surface area contributed by atoms with Crippen LogP contribution in [0.25, 0.3) is 5.69 Å². The van der Waals surface area contributed by atoms with Gasteiger partial charge in [0.15, 0.2) is 0 Å². The van der Waals surface area contributed by atoms with Crippen molar-refractivity contribution < 1.29 is 39.2 Å². The van der Waals surface area contributed by atoms with Crippen LogP contribution in [0.5, 0.6) is 0 Å². The second-order valence-corrected chi connectivity index (χ2v) is 6.38. The van der Waals surface area contributed by atoms with Gasteiger partial charge in [-0.3, -0.25) is 4.57 Å². The number of carbonyl (C=O) groups excluding carboxylic acids is 1. The summed E-state index contributed by atoms with van der Waals surface area (Å²) in [5.41, 5.74) is -2.42. The molecule has 29 heavy (non-hydrogen) atoms. The van der Waals surface area contributed by atoms with Gasteiger partial charge in [0, 0.05) is 5.69 Å². The lowest BCUT2D eigenvalue weighted by molar-refractivity contribution is 0.0478. The van der Waals surface area contributed by atoms with E-state index in [9.17, 15) is 34.5 Å². The molecule has 9 nitrogen and oxygen atoms in total. The van der Waals surface area contributed by atoms with Crippen molar-refractivity contribution in [3.8, 4) is 5.69 Å². The van der Waals surface area contributed by atoms with E-state index < -0.39 is 46.4 Å². The largest absolute Gasteiger partial charge is 0.478 e. The van der Waals surface area contributed by atoms with Crippen molar-refractivity contribution >= 4 is 23.9 Å². The lowest BCUT2D eigenvalue weighted by atomic mass is 10.1. The molecule has 0 atom stereocenters. The maximum absolute atomic E-state index is 12.7. The monoisotopic (exact) mass is 403 g/mol. The van der Waals surface area contributed by atoms with Crippen LogP contribution in [-0.2, 0) is 4.74 Å². The van der Waals surface area contributed by atoms with Crippen LogP contribution in [0.2, 0.25) is 0 Å². The summed E-state index contributed by atoms with van der Waals surface area (Å²) in [4.78, 5) is 48.1. The lowest BCUT2D eigenvalue weighted by Crippen LogP contribution is -2.18. The summed E-state index contributed by atoms with van der Waals surface area (Å²) in [7, 11) is 0. The number of aromatic carboxylic acids is 3. The van der Waals surface area contributed by atoms with Gasteiger partial charge in [-0.15, -0.1) is 0 Å². The maximum atomic E-state index is 12.7. The fourth-order valence-electron chi connectivity index (χ4n) is 2.92. The minimum absolute atomic E-state index is 0.00435. The highest BCUT2D eigenvalue weighted by Gasteiger charge is 2.38. The van der Waals surface area contributed by atoms with Crippen LogP contribution in [0.15, 0.2) is 24.3 Å². The Morgan fingerprint density at radius 1 is 0.862 bits per heavy atom. The Hall–Kier alpha value is -3.62. The molecule has 2 rings (SSSR count). The fourth-order valence-corrected chi connectivity index (χ4v) is 2.92. The van der Waals surface area contributed by atoms with Crippen molar-refractivity contribution in [2.24, 2.45) is 0 Å². The molecular formula is C20H21NO8. The molecule has 0 aliphatic heterocycles. The molecule has 154 valence electrons. The molecule has 0 aliphatic carbocycles. The van der Waals surface area contributed by atoms with Crippen LogP contribution in [0, 0.1) is 6.92 Å². The zero-order chi connectivity index (χ0) is 21.7. The molecule has 0 radical (unpaired) electrons. The third kappa shape index (κ3) is 4.45. The fraction of sp³-hybridized carbons (Fsp3) is 0.300. The SMILES string of the molecule is CCCCCOC(=O)c1c(C(=O)O)c(C(=O)O)c(C(=O)O)n1-c1ccc(C)cc1. The van der Waals surface area contributed by atoms with Crippen LogP contribution in [0.4, 0.5) is 0 Å². The van der Waals surface area contributed by atoms with E-state index in [0.29, 0.717) is 6.42 Å². The number of unbranched alkanes of at least 4 members (excludes halogenated alkanes) is 2. The summed E-state index contributed by atoms with van der Waals surface area (Å²) >= 11 is 0. The molecule has 0 spiro atoms. The Balaban J connectivity index is 2.80. The average molecular weight is 403 g/mol. The second-order valence-electron chi connectivity index (χ2n) is 6.38. The van der Waals surface area contributed by atoms with Gasteiger partial charge in [-0.2, -0.15) is 0 Å². The van der Waals surface area contributed by atoms with E-state index in [1.807, 2.05) is 6.92 Å². The van der Waals surface area contributed by atoms with Crippen molar-refractivity contribution in [2.45, 2.75) is 33.1 Å². The first-order chi connectivity index (χ1) is 13.7. The van der Waals surface area contributed by atoms with Crippen molar-refractivity contribution in [3.05, 3.63) is 52.3 Å². The predicted octanol–water partition coefficient (Wildman–Crippen LogP) is 3.23. The Kier molecular flexibility index (Phi) is 6.76. The van der Waals surface area contributed by atoms with E-state index >= 15 is 0 Å². The van der Waals surface area contributed by atoms with Gasteiger partial charge in [-0.05, 0) is 25.5 Å². The van der Waals surface area contributed by atoms with Gasteiger partial charge in [0.25, 0.3) is 0 Å². The summed E-state index contributed by atoms with van der Waals surface area (Å²) in [5, 5.41) is 28.7. The van der Waals surface area contributed by atoms with Gasteiger partial charge in [-0.25, -0.2) is 19.2 Å². The topological polar surface area (TPSA) is 143 Å². The molecule has 0 unspecified atom stereocenters. The highest BCUT2D eigenvalue weighted by atomic mass is 16.5. The normalized spacial score (nSPS) is 10.6. The van der Waals surface area contributed by atoms with Crippen molar-refractivity contribution in [1.82, 2.24) is 4.57 Å². The Labute approximate surface area is 166 Å². The predicted molar refractivity (Wildman–Crippen MR) is 101 cm³/mol. The zero-order valence-electron chi connectivity index (χ0n) is 16.0. The summed E-state index contributed by atoms with van der Waals surface area (Å²) in [6.45, 7) is 3.73. The molecule has 2 aromatic rings. The number of nitrogens with zero attached hydrogens (tertiary/aromatic N) is 1. The van der Waals surface area contributed by atoms with Crippen LogP contribution >= 0.6 is 0 Å². The molecule has 0 saturated heterocycles. The number of carboxylic acids is 3. The number of esters is 1. The Bertz CT molecular complexity index is 956. The minimum atomic E-state index is -1.77. The van der Waals surface area contributed by atoms with Gasteiger partial charge in [-0.1, -0.05) is 37.5 Å². The van der Waals surface area contributed by atoms with Gasteiger partial charge in [0.05, 0.1) is 6.61 Å². The molecule has 0 amide bonds. The second kappa shape index (κ2) is 9.05. The van der Waals surface area contributed by atoms with E-state index in [0.717, 1.165) is 23.0 Å². The number of carboxylic acid groups (broad SMARTS) is 3. The van der Waals surface area contributed by atoms with Gasteiger partial charge in [0.2, 0.25) is 0 Å². The third-order valence-electron chi connectivity index (χ3n) is 4.27. The number of aromatic nitrogens is 1. The number of benzene rings is 1. The van der Waals surface area contributed by atoms with Crippen molar-refractivity contribution in [2.75, 3.05) is 6.61 Å². The summed E-state index contributed by atoms with van der Waals surface area (Å²) in [6.07, 6.45) is 2.18. The number of ether oxygens (including phenoxy) is 1. The average Bonchev–Trinajstić information content (AvgIpc) is 3.02. The molecule has 3 N–H and O–H groups in total. The minimum Gasteiger partial charge on any atom is -0.478 e. The van der Waals surface area contributed by atoms with Gasteiger partial charge in [0.1, 0.15) is 22.5 Å². The van der Waals surface area contributed by atoms with Crippen LogP contribution in [0.3, 0.4) is 0 Å². The molecule has 1 aromatic heterocycles. The molecule has 1 aromatic carbocycles. The first kappa shape index (κ1) is 21.7. The highest BCUT2D eigenvalue weighted by molar-refractivity contribution is 6.14. The quantitative estimate of drug-likeness (QED) is 0.428. The van der Waals surface area contributed by atoms with Crippen molar-refractivity contribution in [1.29, 1.82) is 0 Å². The Morgan fingerprint density at radius 2 is 1.41 bits per heavy atom. The first-order valence-electron chi connectivity index (χ1n) is 8.93. The molecule has 0 aliphatic rings. The highest BCUT2D eigenvalue weighted by Crippen LogP contribution is 2.29. The standard InChI is InChI=1S/C20H21NO8/c1-3-4-5-10-29-20(28)16-14(18(24)25)13(17(22)23)15(19(26)27)21(16)12-8-6-11(2)7-9-12/h6-9H,3-5,10H2,1-2H3,(H,22,23)(H,24,25)(H,26,27). The zero-order valence-corrected chi connectivity index (χ0v) is 16.0. The van der Waals surface area contributed by atoms with Gasteiger partial charge >= 0.3 is 23.9 Å². The van der Waals surface area contributed by atoms with E-state index in [1.165, 1.54) is 12.1 Å². The number of hydrogen-bond acceptors (Lipinski definition) is 5. The molecule has 0 bridgehead atoms. The summed E-state index contributed by atoms with van der Waals surface area (Å²) < 4.78 is 5.94. The van der Waals surface area contributed by atoms with E-state index in [2.05, 4.69) is 0 Å². The lowest BCUT2D eigenvalue weighted by Gasteiger charge is -2.12. The van der Waals surface area contributed by atoms with Crippen molar-refractivity contribution in [3.63, 3.8) is 0 Å². The summed E-state index contributed by atoms with van der Waals surface area (Å²) in [6, 6.07) is 6.18. The van der Waals surface area contributed by atoms with Crippen LogP contribution in [0.1, 0.15) is 73.4 Å². The number of rotatable bonds is 9. The van der Waals surface area contributed by atoms with Crippen LogP contribution < -0.4 is 0 Å². The first-order valence-corrected chi connectivity index (χ1v) is 8.93. The number of carbonyl (C=O) groups is 4. The molecule has 0 saturated carbocycles.